The van der Waals surface area contributed by atoms with E-state index in [2.05, 4.69) is 18.3 Å². The maximum atomic E-state index is 12.5. The van der Waals surface area contributed by atoms with Gasteiger partial charge in [0, 0.05) is 18.5 Å². The third kappa shape index (κ3) is 4.34. The van der Waals surface area contributed by atoms with Gasteiger partial charge in [0.25, 0.3) is 0 Å². The number of sulfone groups is 1. The van der Waals surface area contributed by atoms with Gasteiger partial charge in [-0.1, -0.05) is 38.0 Å². The normalized spacial score (nSPS) is 17.5. The first-order valence-electron chi connectivity index (χ1n) is 7.88. The van der Waals surface area contributed by atoms with E-state index in [4.69, 9.17) is 0 Å². The molecule has 1 aromatic rings. The molecule has 1 aliphatic heterocycles. The average Bonchev–Trinajstić information content (AvgIpc) is 2.94. The number of benzene rings is 1. The maximum Gasteiger partial charge on any atom is 0.322 e. The Hall–Kier alpha value is -1.82. The van der Waals surface area contributed by atoms with Crippen molar-refractivity contribution in [2.24, 2.45) is 0 Å². The van der Waals surface area contributed by atoms with Crippen LogP contribution in [0.4, 0.5) is 10.5 Å². The minimum Gasteiger partial charge on any atom is -0.314 e. The molecule has 1 heterocycles. The first kappa shape index (κ1) is 17.5. The lowest BCUT2D eigenvalue weighted by atomic mass is 10.1. The molecule has 0 spiro atoms. The van der Waals surface area contributed by atoms with Crippen LogP contribution in [0, 0.1) is 6.92 Å². The predicted octanol–water partition coefficient (Wildman–Crippen LogP) is 3.36. The molecule has 6 heteroatoms. The van der Waals surface area contributed by atoms with Crippen molar-refractivity contribution in [2.75, 3.05) is 18.1 Å². The lowest BCUT2D eigenvalue weighted by Crippen LogP contribution is -2.39. The van der Waals surface area contributed by atoms with E-state index in [0.717, 1.165) is 31.1 Å². The Morgan fingerprint density at radius 3 is 2.78 bits per heavy atom. The van der Waals surface area contributed by atoms with Gasteiger partial charge in [0.05, 0.1) is 10.9 Å². The van der Waals surface area contributed by atoms with Gasteiger partial charge >= 0.3 is 6.03 Å². The van der Waals surface area contributed by atoms with Gasteiger partial charge in [0.2, 0.25) is 0 Å². The summed E-state index contributed by atoms with van der Waals surface area (Å²) in [5.41, 5.74) is 1.38. The van der Waals surface area contributed by atoms with Crippen LogP contribution in [0.5, 0.6) is 0 Å². The third-order valence-electron chi connectivity index (χ3n) is 4.05. The van der Waals surface area contributed by atoms with Gasteiger partial charge in [0.15, 0.2) is 9.84 Å². The Kier molecular flexibility index (Phi) is 5.46. The van der Waals surface area contributed by atoms with Crippen molar-refractivity contribution < 1.29 is 13.2 Å². The van der Waals surface area contributed by atoms with Crippen molar-refractivity contribution in [3.63, 3.8) is 0 Å². The van der Waals surface area contributed by atoms with Crippen molar-refractivity contribution in [1.82, 2.24) is 4.90 Å². The molecule has 1 aromatic carbocycles. The number of aryl methyl sites for hydroxylation is 1. The molecular weight excluding hydrogens is 312 g/mol. The minimum atomic E-state index is -3.30. The topological polar surface area (TPSA) is 66.5 Å². The van der Waals surface area contributed by atoms with E-state index in [9.17, 15) is 13.2 Å². The smallest absolute Gasteiger partial charge is 0.314 e. The second-order valence-corrected chi connectivity index (χ2v) is 7.98. The van der Waals surface area contributed by atoms with Crippen molar-refractivity contribution in [3.05, 3.63) is 35.9 Å². The summed E-state index contributed by atoms with van der Waals surface area (Å²) in [7, 11) is -3.30. The lowest BCUT2D eigenvalue weighted by molar-refractivity contribution is 0.208. The minimum absolute atomic E-state index is 0.119. The molecule has 2 amide bonds. The molecule has 0 saturated carbocycles. The highest BCUT2D eigenvalue weighted by atomic mass is 32.2. The van der Waals surface area contributed by atoms with Crippen molar-refractivity contribution in [1.29, 1.82) is 0 Å². The number of urea groups is 1. The molecule has 0 radical (unpaired) electrons. The highest BCUT2D eigenvalue weighted by molar-refractivity contribution is 7.90. The van der Waals surface area contributed by atoms with Crippen molar-refractivity contribution >= 4 is 21.6 Å². The zero-order chi connectivity index (χ0) is 17.0. The number of amides is 2. The number of nitrogens with zero attached hydrogens (tertiary/aromatic N) is 1. The number of carbonyl (C=O) groups excluding carboxylic acids is 1. The fourth-order valence-electron chi connectivity index (χ4n) is 2.62. The van der Waals surface area contributed by atoms with E-state index in [0.29, 0.717) is 12.2 Å². The first-order chi connectivity index (χ1) is 10.8. The fourth-order valence-corrected chi connectivity index (χ4v) is 3.27. The fraction of sp³-hybridized carbons (Fsp3) is 0.471. The molecule has 5 nitrogen and oxygen atoms in total. The summed E-state index contributed by atoms with van der Waals surface area (Å²) in [4.78, 5) is 14.5. The number of rotatable bonds is 5. The zero-order valence-corrected chi connectivity index (χ0v) is 14.7. The summed E-state index contributed by atoms with van der Waals surface area (Å²) in [6.45, 7) is 4.56. The standard InChI is InChI=1S/C17H24N2O3S/c1-4-5-7-14-8-6-11-19(14)17(20)18-16-12-15(23(3,21)22)10-9-13(16)2/h6,8-10,12,14H,4-5,7,11H2,1-3H3,(H,18,20)/t14-/m0/s1. The van der Waals surface area contributed by atoms with Crippen LogP contribution in [0.15, 0.2) is 35.2 Å². The highest BCUT2D eigenvalue weighted by Crippen LogP contribution is 2.22. The van der Waals surface area contributed by atoms with E-state index in [1.807, 2.05) is 13.0 Å². The number of carbonyl (C=O) groups is 1. The number of nitrogens with one attached hydrogen (secondary N) is 1. The lowest BCUT2D eigenvalue weighted by Gasteiger charge is -2.25. The van der Waals surface area contributed by atoms with Crippen LogP contribution in [-0.4, -0.2) is 38.2 Å². The van der Waals surface area contributed by atoms with Crippen LogP contribution >= 0.6 is 0 Å². The predicted molar refractivity (Wildman–Crippen MR) is 92.5 cm³/mol. The Bertz CT molecular complexity index is 711. The molecule has 1 atom stereocenters. The number of anilines is 1. The monoisotopic (exact) mass is 336 g/mol. The summed E-state index contributed by atoms with van der Waals surface area (Å²) in [6, 6.07) is 4.72. The van der Waals surface area contributed by atoms with Crippen molar-refractivity contribution in [2.45, 2.75) is 44.0 Å². The van der Waals surface area contributed by atoms with E-state index >= 15 is 0 Å². The number of unbranched alkanes of at least 4 members (excludes halogenated alkanes) is 1. The van der Waals surface area contributed by atoms with Crippen molar-refractivity contribution in [3.8, 4) is 0 Å². The summed E-state index contributed by atoms with van der Waals surface area (Å²) in [5.74, 6) is 0. The van der Waals surface area contributed by atoms with Crippen LogP contribution in [0.1, 0.15) is 31.7 Å². The Labute approximate surface area is 138 Å². The Morgan fingerprint density at radius 1 is 1.39 bits per heavy atom. The molecule has 1 N–H and O–H groups in total. The Balaban J connectivity index is 2.14. The zero-order valence-electron chi connectivity index (χ0n) is 13.9. The third-order valence-corrected chi connectivity index (χ3v) is 5.16. The van der Waals surface area contributed by atoms with E-state index in [-0.39, 0.29) is 17.0 Å². The SMILES string of the molecule is CCCC[C@H]1C=CCN1C(=O)Nc1cc(S(C)(=O)=O)ccc1C. The second kappa shape index (κ2) is 7.17. The summed E-state index contributed by atoms with van der Waals surface area (Å²) >= 11 is 0. The van der Waals surface area contributed by atoms with Gasteiger partial charge in [-0.2, -0.15) is 0 Å². The van der Waals surface area contributed by atoms with E-state index in [1.54, 1.807) is 17.0 Å². The van der Waals surface area contributed by atoms with Crippen LogP contribution < -0.4 is 5.32 Å². The molecule has 0 aromatic heterocycles. The quantitative estimate of drug-likeness (QED) is 0.839. The molecule has 126 valence electrons. The summed E-state index contributed by atoms with van der Waals surface area (Å²) in [6.07, 6.45) is 8.34. The van der Waals surface area contributed by atoms with Gasteiger partial charge in [-0.25, -0.2) is 13.2 Å². The molecule has 0 fully saturated rings. The number of hydrogen-bond acceptors (Lipinski definition) is 3. The summed E-state index contributed by atoms with van der Waals surface area (Å²) in [5, 5.41) is 2.85. The summed E-state index contributed by atoms with van der Waals surface area (Å²) < 4.78 is 23.4. The van der Waals surface area contributed by atoms with Crippen LogP contribution in [0.3, 0.4) is 0 Å². The first-order valence-corrected chi connectivity index (χ1v) is 9.77. The van der Waals surface area contributed by atoms with Gasteiger partial charge in [-0.15, -0.1) is 0 Å². The Morgan fingerprint density at radius 2 is 2.13 bits per heavy atom. The van der Waals surface area contributed by atoms with Gasteiger partial charge in [-0.3, -0.25) is 0 Å². The molecule has 0 saturated heterocycles. The number of hydrogen-bond donors (Lipinski definition) is 1. The van der Waals surface area contributed by atoms with Crippen LogP contribution in [-0.2, 0) is 9.84 Å². The average molecular weight is 336 g/mol. The van der Waals surface area contributed by atoms with Crippen LogP contribution in [0.25, 0.3) is 0 Å². The van der Waals surface area contributed by atoms with E-state index in [1.165, 1.54) is 6.07 Å². The molecule has 0 unspecified atom stereocenters. The molecule has 0 bridgehead atoms. The molecule has 1 aliphatic rings. The van der Waals surface area contributed by atoms with E-state index < -0.39 is 9.84 Å². The maximum absolute atomic E-state index is 12.5. The van der Waals surface area contributed by atoms with Crippen LogP contribution in [0.2, 0.25) is 0 Å². The molecular formula is C17H24N2O3S. The largest absolute Gasteiger partial charge is 0.322 e. The van der Waals surface area contributed by atoms with Gasteiger partial charge in [-0.05, 0) is 31.0 Å². The molecule has 2 rings (SSSR count). The second-order valence-electron chi connectivity index (χ2n) is 5.97. The molecule has 0 aliphatic carbocycles. The van der Waals surface area contributed by atoms with Gasteiger partial charge < -0.3 is 10.2 Å². The molecule has 23 heavy (non-hydrogen) atoms. The van der Waals surface area contributed by atoms with Gasteiger partial charge in [0.1, 0.15) is 0 Å². The highest BCUT2D eigenvalue weighted by Gasteiger charge is 2.24.